The van der Waals surface area contributed by atoms with E-state index in [2.05, 4.69) is 4.98 Å². The van der Waals surface area contributed by atoms with Crippen molar-refractivity contribution in [2.45, 2.75) is 46.1 Å². The zero-order chi connectivity index (χ0) is 19.5. The largest absolute Gasteiger partial charge is 0.514 e. The number of carbonyl (C=O) groups is 1. The number of carbonyl (C=O) groups excluding carboxylic acids is 1. The van der Waals surface area contributed by atoms with Gasteiger partial charge in [-0.3, -0.25) is 9.78 Å². The summed E-state index contributed by atoms with van der Waals surface area (Å²) in [5.41, 5.74) is -0.254. The Labute approximate surface area is 151 Å². The lowest BCUT2D eigenvalue weighted by molar-refractivity contribution is 0.0202. The highest BCUT2D eigenvalue weighted by atomic mass is 19.1. The van der Waals surface area contributed by atoms with Gasteiger partial charge >= 0.3 is 6.16 Å². The summed E-state index contributed by atoms with van der Waals surface area (Å²) < 4.78 is 23.9. The van der Waals surface area contributed by atoms with Gasteiger partial charge in [-0.2, -0.15) is 0 Å². The first kappa shape index (κ1) is 19.6. The van der Waals surface area contributed by atoms with Crippen LogP contribution in [0.15, 0.2) is 41.5 Å². The Hall–Kier alpha value is -2.76. The van der Waals surface area contributed by atoms with E-state index >= 15 is 0 Å². The maximum Gasteiger partial charge on any atom is 0.514 e. The zero-order valence-electron chi connectivity index (χ0n) is 15.5. The Kier molecular flexibility index (Phi) is 5.75. The maximum absolute atomic E-state index is 13.5. The van der Waals surface area contributed by atoms with Crippen molar-refractivity contribution >= 4 is 6.16 Å². The molecular weight excluding hydrogens is 337 g/mol. The molecule has 0 saturated heterocycles. The van der Waals surface area contributed by atoms with Gasteiger partial charge in [-0.25, -0.2) is 9.18 Å². The minimum absolute atomic E-state index is 0.0778. The minimum Gasteiger partial charge on any atom is -0.428 e. The van der Waals surface area contributed by atoms with Crippen molar-refractivity contribution in [1.82, 2.24) is 4.98 Å². The van der Waals surface area contributed by atoms with E-state index in [0.29, 0.717) is 11.1 Å². The van der Waals surface area contributed by atoms with Crippen LogP contribution in [0.2, 0.25) is 0 Å². The lowest BCUT2D eigenvalue weighted by Gasteiger charge is -2.19. The molecule has 0 atom stereocenters. The first-order valence-corrected chi connectivity index (χ1v) is 8.27. The first-order valence-electron chi connectivity index (χ1n) is 8.27. The fourth-order valence-corrected chi connectivity index (χ4v) is 2.35. The van der Waals surface area contributed by atoms with E-state index in [1.165, 1.54) is 12.3 Å². The summed E-state index contributed by atoms with van der Waals surface area (Å²) in [6.45, 7) is 8.85. The monoisotopic (exact) mass is 359 g/mol. The van der Waals surface area contributed by atoms with Gasteiger partial charge in [-0.15, -0.1) is 0 Å². The van der Waals surface area contributed by atoms with Gasteiger partial charge < -0.3 is 9.47 Å². The van der Waals surface area contributed by atoms with Crippen LogP contribution in [0.25, 0.3) is 11.1 Å². The third-order valence-corrected chi connectivity index (χ3v) is 3.46. The standard InChI is InChI=1S/C20H22FNO4/c1-12(2)15-7-6-8-16(13-9-14(21)11-22-10-13)17(23)18(15)25-19(24)26-20(3,4)5/h6-12H,1-5H3. The molecule has 0 saturated carbocycles. The van der Waals surface area contributed by atoms with Crippen LogP contribution in [0.4, 0.5) is 9.18 Å². The predicted molar refractivity (Wildman–Crippen MR) is 96.9 cm³/mol. The van der Waals surface area contributed by atoms with Crippen molar-refractivity contribution in [3.63, 3.8) is 0 Å². The second-order valence-corrected chi connectivity index (χ2v) is 7.17. The number of nitrogens with zero attached hydrogens (tertiary/aromatic N) is 1. The average molecular weight is 359 g/mol. The van der Waals surface area contributed by atoms with E-state index in [9.17, 15) is 14.0 Å². The third-order valence-electron chi connectivity index (χ3n) is 3.46. The van der Waals surface area contributed by atoms with Gasteiger partial charge in [0.1, 0.15) is 11.4 Å². The molecule has 2 rings (SSSR count). The molecule has 2 aromatic rings. The van der Waals surface area contributed by atoms with Crippen molar-refractivity contribution < 1.29 is 18.7 Å². The molecule has 6 heteroatoms. The lowest BCUT2D eigenvalue weighted by Crippen LogP contribution is -2.27. The van der Waals surface area contributed by atoms with Gasteiger partial charge in [0, 0.05) is 22.9 Å². The molecule has 1 heterocycles. The molecule has 1 aromatic carbocycles. The molecule has 0 N–H and O–H groups in total. The molecule has 0 unspecified atom stereocenters. The van der Waals surface area contributed by atoms with Crippen molar-refractivity contribution in [2.75, 3.05) is 0 Å². The molecule has 26 heavy (non-hydrogen) atoms. The smallest absolute Gasteiger partial charge is 0.428 e. The van der Waals surface area contributed by atoms with Crippen LogP contribution in [0.3, 0.4) is 0 Å². The highest BCUT2D eigenvalue weighted by molar-refractivity contribution is 5.69. The van der Waals surface area contributed by atoms with Crippen molar-refractivity contribution in [2.24, 2.45) is 0 Å². The minimum atomic E-state index is -0.967. The SMILES string of the molecule is CC(C)c1cccc(-c2cncc(F)c2)c(=O)c1OC(=O)OC(C)(C)C. The molecule has 0 aliphatic rings. The highest BCUT2D eigenvalue weighted by Gasteiger charge is 2.22. The summed E-state index contributed by atoms with van der Waals surface area (Å²) in [5, 5.41) is 0. The van der Waals surface area contributed by atoms with Crippen molar-refractivity contribution in [3.05, 3.63) is 58.3 Å². The second kappa shape index (κ2) is 7.64. The number of pyridine rings is 1. The molecule has 5 nitrogen and oxygen atoms in total. The maximum atomic E-state index is 13.5. The highest BCUT2D eigenvalue weighted by Crippen LogP contribution is 2.26. The predicted octanol–water partition coefficient (Wildman–Crippen LogP) is 4.69. The lowest BCUT2D eigenvalue weighted by atomic mass is 10.0. The van der Waals surface area contributed by atoms with Crippen LogP contribution < -0.4 is 10.2 Å². The normalized spacial score (nSPS) is 11.3. The molecule has 0 bridgehead atoms. The van der Waals surface area contributed by atoms with Crippen LogP contribution in [0, 0.1) is 5.82 Å². The second-order valence-electron chi connectivity index (χ2n) is 7.17. The van der Waals surface area contributed by atoms with Gasteiger partial charge in [-0.05, 0) is 32.8 Å². The fourth-order valence-electron chi connectivity index (χ4n) is 2.35. The van der Waals surface area contributed by atoms with E-state index in [1.807, 2.05) is 13.8 Å². The number of ether oxygens (including phenoxy) is 2. The number of hydrogen-bond acceptors (Lipinski definition) is 5. The summed E-state index contributed by atoms with van der Waals surface area (Å²) in [6.07, 6.45) is 1.46. The molecule has 0 aliphatic carbocycles. The summed E-state index contributed by atoms with van der Waals surface area (Å²) in [7, 11) is 0. The number of halogens is 1. The Balaban J connectivity index is 2.61. The van der Waals surface area contributed by atoms with Gasteiger partial charge in [-0.1, -0.05) is 32.0 Å². The molecule has 1 aromatic heterocycles. The van der Waals surface area contributed by atoms with Gasteiger partial charge in [0.05, 0.1) is 6.20 Å². The fraction of sp³-hybridized carbons (Fsp3) is 0.350. The van der Waals surface area contributed by atoms with Crippen LogP contribution in [-0.4, -0.2) is 16.7 Å². The summed E-state index contributed by atoms with van der Waals surface area (Å²) in [6, 6.07) is 6.11. The molecular formula is C20H22FNO4. The van der Waals surface area contributed by atoms with E-state index in [4.69, 9.17) is 9.47 Å². The van der Waals surface area contributed by atoms with Crippen LogP contribution >= 0.6 is 0 Å². The molecule has 0 amide bonds. The number of aromatic nitrogens is 1. The molecule has 0 fully saturated rings. The molecule has 0 radical (unpaired) electrons. The quantitative estimate of drug-likeness (QED) is 0.744. The molecule has 138 valence electrons. The van der Waals surface area contributed by atoms with Crippen LogP contribution in [0.5, 0.6) is 5.75 Å². The van der Waals surface area contributed by atoms with Gasteiger partial charge in [0.15, 0.2) is 5.75 Å². The van der Waals surface area contributed by atoms with Crippen LogP contribution in [0.1, 0.15) is 46.1 Å². The van der Waals surface area contributed by atoms with Crippen molar-refractivity contribution in [3.8, 4) is 16.9 Å². The van der Waals surface area contributed by atoms with Gasteiger partial charge in [0.25, 0.3) is 0 Å². The summed E-state index contributed by atoms with van der Waals surface area (Å²) >= 11 is 0. The Morgan fingerprint density at radius 2 is 1.88 bits per heavy atom. The van der Waals surface area contributed by atoms with Crippen molar-refractivity contribution in [1.29, 1.82) is 0 Å². The van der Waals surface area contributed by atoms with E-state index in [1.54, 1.807) is 39.0 Å². The molecule has 0 aliphatic heterocycles. The number of hydrogen-bond donors (Lipinski definition) is 0. The van der Waals surface area contributed by atoms with E-state index < -0.39 is 23.0 Å². The summed E-state index contributed by atoms with van der Waals surface area (Å²) in [4.78, 5) is 28.9. The topological polar surface area (TPSA) is 65.5 Å². The van der Waals surface area contributed by atoms with Gasteiger partial charge in [0.2, 0.25) is 5.43 Å². The Morgan fingerprint density at radius 1 is 1.19 bits per heavy atom. The Morgan fingerprint density at radius 3 is 2.46 bits per heavy atom. The molecule has 0 spiro atoms. The zero-order valence-corrected chi connectivity index (χ0v) is 15.5. The van der Waals surface area contributed by atoms with E-state index in [-0.39, 0.29) is 17.2 Å². The Bertz CT molecular complexity index is 872. The first-order chi connectivity index (χ1) is 12.1. The average Bonchev–Trinajstić information content (AvgIpc) is 2.65. The van der Waals surface area contributed by atoms with E-state index in [0.717, 1.165) is 6.20 Å². The third kappa shape index (κ3) is 4.88. The van der Waals surface area contributed by atoms with Crippen LogP contribution in [-0.2, 0) is 4.74 Å². The number of rotatable bonds is 3. The summed E-state index contributed by atoms with van der Waals surface area (Å²) in [5.74, 6) is -0.767.